The maximum Gasteiger partial charge on any atom is 0.172 e. The van der Waals surface area contributed by atoms with Gasteiger partial charge < -0.3 is 26.6 Å². The number of carbonyl (C=O) groups is 1. The number of nitrogens with one attached hydrogen (secondary N) is 2. The van der Waals surface area contributed by atoms with Crippen molar-refractivity contribution in [1.82, 2.24) is 15.0 Å². The standard InChI is InChI=1S/C24H27BrN6O3/c1-11-6-18(32)19-23(29-11)27-10-28-24(19)31-17-9-14(20(33)21(17)34)5-3-12-2-4-13-8-15(25)22(26)30-16(13)7-12/h2,4,7-8,10-11,14,17,20-21,33-34H,3,5-6,9H2,1H3,(H2,26,30)(H2,27,28,29,31)/t11?,14-,17+,20+,21-/m0/s1. The molecule has 0 spiro atoms. The number of nitrogen functional groups attached to an aromatic ring is 1. The SMILES string of the molecule is CC1CC(=O)c2c(ncnc2N[C@@H]2C[C@H](CCc3ccc4cc(Br)c(N)nc4c3)[C@@H](O)[C@H]2O)N1. The van der Waals surface area contributed by atoms with E-state index in [1.165, 1.54) is 6.33 Å². The Bertz CT molecular complexity index is 1250. The van der Waals surface area contributed by atoms with Gasteiger partial charge in [0.15, 0.2) is 5.78 Å². The van der Waals surface area contributed by atoms with Gasteiger partial charge in [-0.15, -0.1) is 0 Å². The van der Waals surface area contributed by atoms with Crippen molar-refractivity contribution in [3.8, 4) is 0 Å². The molecule has 178 valence electrons. The van der Waals surface area contributed by atoms with E-state index in [1.807, 2.05) is 31.2 Å². The van der Waals surface area contributed by atoms with E-state index in [0.29, 0.717) is 42.3 Å². The van der Waals surface area contributed by atoms with E-state index in [9.17, 15) is 15.0 Å². The van der Waals surface area contributed by atoms with Crippen LogP contribution in [-0.2, 0) is 6.42 Å². The third-order valence-electron chi connectivity index (χ3n) is 6.79. The Morgan fingerprint density at radius 2 is 2.06 bits per heavy atom. The molecule has 0 amide bonds. The molecule has 0 saturated heterocycles. The fourth-order valence-electron chi connectivity index (χ4n) is 4.97. The van der Waals surface area contributed by atoms with Gasteiger partial charge >= 0.3 is 0 Å². The molecular weight excluding hydrogens is 500 g/mol. The number of aryl methyl sites for hydroxylation is 1. The molecule has 10 heteroatoms. The highest BCUT2D eigenvalue weighted by Crippen LogP contribution is 2.35. The number of fused-ring (bicyclic) bond motifs is 2. The van der Waals surface area contributed by atoms with E-state index in [0.717, 1.165) is 27.4 Å². The molecule has 2 aliphatic rings. The van der Waals surface area contributed by atoms with Crippen molar-refractivity contribution in [2.24, 2.45) is 5.92 Å². The molecule has 6 N–H and O–H groups in total. The van der Waals surface area contributed by atoms with E-state index in [2.05, 4.69) is 41.5 Å². The van der Waals surface area contributed by atoms with Crippen LogP contribution in [0.1, 0.15) is 42.1 Å². The Morgan fingerprint density at radius 1 is 1.24 bits per heavy atom. The second kappa shape index (κ2) is 9.09. The van der Waals surface area contributed by atoms with Crippen molar-refractivity contribution >= 4 is 50.1 Å². The van der Waals surface area contributed by atoms with E-state index >= 15 is 0 Å². The van der Waals surface area contributed by atoms with Crippen LogP contribution in [0.25, 0.3) is 10.9 Å². The monoisotopic (exact) mass is 526 g/mol. The average molecular weight is 527 g/mol. The summed E-state index contributed by atoms with van der Waals surface area (Å²) in [6.45, 7) is 1.93. The quantitative estimate of drug-likeness (QED) is 0.338. The Kier molecular flexibility index (Phi) is 6.13. The van der Waals surface area contributed by atoms with Crippen LogP contribution >= 0.6 is 15.9 Å². The minimum atomic E-state index is -0.961. The summed E-state index contributed by atoms with van der Waals surface area (Å²) in [5.41, 5.74) is 8.25. The summed E-state index contributed by atoms with van der Waals surface area (Å²) in [5.74, 6) is 1.21. The highest BCUT2D eigenvalue weighted by molar-refractivity contribution is 9.10. The van der Waals surface area contributed by atoms with Crippen molar-refractivity contribution in [2.45, 2.75) is 56.9 Å². The lowest BCUT2D eigenvalue weighted by Crippen LogP contribution is -2.36. The lowest BCUT2D eigenvalue weighted by Gasteiger charge is -2.25. The van der Waals surface area contributed by atoms with Crippen LogP contribution in [0.5, 0.6) is 0 Å². The van der Waals surface area contributed by atoms with Gasteiger partial charge in [0.05, 0.1) is 22.1 Å². The zero-order valence-corrected chi connectivity index (χ0v) is 20.3. The zero-order valence-electron chi connectivity index (χ0n) is 18.7. The van der Waals surface area contributed by atoms with Crippen LogP contribution in [0.3, 0.4) is 0 Å². The maximum absolute atomic E-state index is 12.6. The van der Waals surface area contributed by atoms with E-state index < -0.39 is 18.2 Å². The number of aliphatic hydroxyl groups is 2. The van der Waals surface area contributed by atoms with Crippen molar-refractivity contribution in [3.63, 3.8) is 0 Å². The summed E-state index contributed by atoms with van der Waals surface area (Å²) in [6, 6.07) is 7.61. The van der Waals surface area contributed by atoms with E-state index in [1.54, 1.807) is 0 Å². The van der Waals surface area contributed by atoms with Gasteiger partial charge in [0, 0.05) is 17.8 Å². The fourth-order valence-corrected chi connectivity index (χ4v) is 5.31. The van der Waals surface area contributed by atoms with Gasteiger partial charge in [0.25, 0.3) is 0 Å². The summed E-state index contributed by atoms with van der Waals surface area (Å²) in [5, 5.41) is 28.8. The molecule has 1 aromatic carbocycles. The first kappa shape index (κ1) is 22.9. The van der Waals surface area contributed by atoms with Crippen molar-refractivity contribution < 1.29 is 15.0 Å². The number of aliphatic hydroxyl groups excluding tert-OH is 2. The first-order valence-electron chi connectivity index (χ1n) is 11.4. The Hall–Kier alpha value is -2.82. The molecule has 1 fully saturated rings. The molecule has 3 aromatic rings. The Labute approximate surface area is 205 Å². The largest absolute Gasteiger partial charge is 0.390 e. The average Bonchev–Trinajstić information content (AvgIpc) is 3.06. The van der Waals surface area contributed by atoms with Crippen LogP contribution in [0.2, 0.25) is 0 Å². The first-order chi connectivity index (χ1) is 16.3. The molecule has 3 heterocycles. The van der Waals surface area contributed by atoms with Gasteiger partial charge in [-0.3, -0.25) is 4.79 Å². The number of hydrogen-bond donors (Lipinski definition) is 5. The smallest absolute Gasteiger partial charge is 0.172 e. The van der Waals surface area contributed by atoms with Crippen LogP contribution in [-0.4, -0.2) is 55.2 Å². The van der Waals surface area contributed by atoms with Gasteiger partial charge in [0.1, 0.15) is 35.4 Å². The number of Topliss-reactive ketones (excluding diaryl/α,β-unsaturated/α-hetero) is 1. The summed E-state index contributed by atoms with van der Waals surface area (Å²) >= 11 is 3.40. The zero-order chi connectivity index (χ0) is 24.0. The number of ketones is 1. The third-order valence-corrected chi connectivity index (χ3v) is 7.43. The topological polar surface area (TPSA) is 146 Å². The predicted octanol–water partition coefficient (Wildman–Crippen LogP) is 2.91. The molecule has 1 aliphatic heterocycles. The minimum absolute atomic E-state index is 0.00861. The molecule has 34 heavy (non-hydrogen) atoms. The van der Waals surface area contributed by atoms with Crippen LogP contribution < -0.4 is 16.4 Å². The molecule has 0 radical (unpaired) electrons. The van der Waals surface area contributed by atoms with Crippen molar-refractivity contribution in [1.29, 1.82) is 0 Å². The maximum atomic E-state index is 12.6. The highest BCUT2D eigenvalue weighted by atomic mass is 79.9. The molecule has 1 unspecified atom stereocenters. The number of anilines is 3. The van der Waals surface area contributed by atoms with Crippen LogP contribution in [0.15, 0.2) is 35.1 Å². The summed E-state index contributed by atoms with van der Waals surface area (Å²) in [4.78, 5) is 25.5. The molecule has 2 aromatic heterocycles. The van der Waals surface area contributed by atoms with Crippen molar-refractivity contribution in [3.05, 3.63) is 46.2 Å². The molecule has 0 bridgehead atoms. The molecular formula is C24H27BrN6O3. The van der Waals surface area contributed by atoms with Gasteiger partial charge in [-0.2, -0.15) is 0 Å². The molecule has 5 rings (SSSR count). The molecule has 9 nitrogen and oxygen atoms in total. The number of benzene rings is 1. The van der Waals surface area contributed by atoms with Crippen molar-refractivity contribution in [2.75, 3.05) is 16.4 Å². The first-order valence-corrected chi connectivity index (χ1v) is 12.2. The number of nitrogens with zero attached hydrogens (tertiary/aromatic N) is 3. The summed E-state index contributed by atoms with van der Waals surface area (Å²) in [7, 11) is 0. The second-order valence-corrected chi connectivity index (χ2v) is 10.1. The predicted molar refractivity (Wildman–Crippen MR) is 134 cm³/mol. The molecule has 1 aliphatic carbocycles. The summed E-state index contributed by atoms with van der Waals surface area (Å²) in [6.07, 6.45) is 1.92. The number of hydrogen-bond acceptors (Lipinski definition) is 9. The molecule has 5 atom stereocenters. The van der Waals surface area contributed by atoms with Gasteiger partial charge in [-0.25, -0.2) is 15.0 Å². The normalized spacial score (nSPS) is 26.4. The number of rotatable bonds is 5. The van der Waals surface area contributed by atoms with Gasteiger partial charge in [0.2, 0.25) is 0 Å². The minimum Gasteiger partial charge on any atom is -0.390 e. The number of halogens is 1. The molecule has 1 saturated carbocycles. The van der Waals surface area contributed by atoms with Crippen LogP contribution in [0, 0.1) is 5.92 Å². The summed E-state index contributed by atoms with van der Waals surface area (Å²) < 4.78 is 0.770. The number of carbonyl (C=O) groups excluding carboxylic acids is 1. The third kappa shape index (κ3) is 4.33. The van der Waals surface area contributed by atoms with E-state index in [4.69, 9.17) is 5.73 Å². The lowest BCUT2D eigenvalue weighted by atomic mass is 9.95. The van der Waals surface area contributed by atoms with Gasteiger partial charge in [-0.05, 0) is 65.7 Å². The Morgan fingerprint density at radius 3 is 2.88 bits per heavy atom. The number of aromatic nitrogens is 3. The second-order valence-electron chi connectivity index (χ2n) is 9.27. The number of nitrogens with two attached hydrogens (primary N) is 1. The fraction of sp³-hybridized carbons (Fsp3) is 0.417. The van der Waals surface area contributed by atoms with E-state index in [-0.39, 0.29) is 17.7 Å². The lowest BCUT2D eigenvalue weighted by molar-refractivity contribution is 0.0158. The highest BCUT2D eigenvalue weighted by Gasteiger charge is 2.42. The van der Waals surface area contributed by atoms with Gasteiger partial charge in [-0.1, -0.05) is 12.1 Å². The van der Waals surface area contributed by atoms with Crippen LogP contribution in [0.4, 0.5) is 17.5 Å². The Balaban J connectivity index is 1.28. The number of pyridine rings is 1.